The molecule has 0 radical (unpaired) electrons. The van der Waals surface area contributed by atoms with Crippen molar-refractivity contribution in [1.82, 2.24) is 5.32 Å². The van der Waals surface area contributed by atoms with Gasteiger partial charge in [-0.3, -0.25) is 0 Å². The molecule has 1 aromatic carbocycles. The number of nitrogens with one attached hydrogen (secondary N) is 1. The van der Waals surface area contributed by atoms with Gasteiger partial charge in [-0.2, -0.15) is 0 Å². The maximum absolute atomic E-state index is 6.28. The van der Waals surface area contributed by atoms with Gasteiger partial charge in [0.1, 0.15) is 0 Å². The van der Waals surface area contributed by atoms with Crippen LogP contribution in [0.15, 0.2) is 28.7 Å². The number of rotatable bonds is 5. The van der Waals surface area contributed by atoms with Crippen LogP contribution in [0.2, 0.25) is 5.02 Å². The second-order valence-electron chi connectivity index (χ2n) is 4.95. The number of hydrogen-bond donors (Lipinski definition) is 1. The van der Waals surface area contributed by atoms with Crippen molar-refractivity contribution in [2.45, 2.75) is 33.2 Å². The fourth-order valence-electron chi connectivity index (χ4n) is 2.08. The molecular formula is C16H19BrClNS. The van der Waals surface area contributed by atoms with Crippen molar-refractivity contribution in [3.63, 3.8) is 0 Å². The molecule has 108 valence electrons. The zero-order valence-electron chi connectivity index (χ0n) is 12.0. The summed E-state index contributed by atoms with van der Waals surface area (Å²) in [6.45, 7) is 7.34. The molecule has 1 nitrogen and oxygen atoms in total. The Balaban J connectivity index is 2.38. The minimum absolute atomic E-state index is 0.211. The maximum atomic E-state index is 6.28. The topological polar surface area (TPSA) is 12.0 Å². The molecule has 0 aliphatic carbocycles. The molecular weight excluding hydrogens is 354 g/mol. The third-order valence-corrected chi connectivity index (χ3v) is 5.90. The summed E-state index contributed by atoms with van der Waals surface area (Å²) >= 11 is 11.7. The Bertz CT molecular complexity index is 575. The Morgan fingerprint density at radius 3 is 2.60 bits per heavy atom. The Labute approximate surface area is 138 Å². The van der Waals surface area contributed by atoms with Crippen molar-refractivity contribution in [1.29, 1.82) is 0 Å². The highest BCUT2D eigenvalue weighted by Gasteiger charge is 2.17. The highest BCUT2D eigenvalue weighted by Crippen LogP contribution is 2.34. The van der Waals surface area contributed by atoms with Crippen molar-refractivity contribution in [3.05, 3.63) is 54.6 Å². The highest BCUT2D eigenvalue weighted by molar-refractivity contribution is 9.10. The van der Waals surface area contributed by atoms with Crippen LogP contribution < -0.4 is 5.32 Å². The van der Waals surface area contributed by atoms with Crippen LogP contribution in [-0.4, -0.2) is 6.54 Å². The zero-order chi connectivity index (χ0) is 14.7. The lowest BCUT2D eigenvalue weighted by Gasteiger charge is -2.18. The Morgan fingerprint density at radius 2 is 2.05 bits per heavy atom. The number of benzene rings is 1. The third kappa shape index (κ3) is 3.64. The number of thiophene rings is 1. The van der Waals surface area contributed by atoms with Gasteiger partial charge >= 0.3 is 0 Å². The van der Waals surface area contributed by atoms with Crippen LogP contribution in [0.4, 0.5) is 0 Å². The van der Waals surface area contributed by atoms with Gasteiger partial charge < -0.3 is 5.32 Å². The summed E-state index contributed by atoms with van der Waals surface area (Å²) in [6.07, 6.45) is 1.11. The SMILES string of the molecule is CCCNC(c1ccc(C)c(Cl)c1)c1cc(Br)c(C)s1. The van der Waals surface area contributed by atoms with E-state index in [1.165, 1.54) is 19.8 Å². The van der Waals surface area contributed by atoms with Gasteiger partial charge in [0.05, 0.1) is 6.04 Å². The van der Waals surface area contributed by atoms with E-state index in [-0.39, 0.29) is 6.04 Å². The quantitative estimate of drug-likeness (QED) is 0.692. The van der Waals surface area contributed by atoms with Crippen LogP contribution >= 0.6 is 38.9 Å². The lowest BCUT2D eigenvalue weighted by Crippen LogP contribution is -2.22. The number of hydrogen-bond acceptors (Lipinski definition) is 2. The summed E-state index contributed by atoms with van der Waals surface area (Å²) in [5, 5.41) is 4.45. The largest absolute Gasteiger partial charge is 0.306 e. The van der Waals surface area contributed by atoms with Gasteiger partial charge in [0.2, 0.25) is 0 Å². The second-order valence-corrected chi connectivity index (χ2v) is 7.50. The molecule has 0 saturated carbocycles. The second kappa shape index (κ2) is 7.08. The summed E-state index contributed by atoms with van der Waals surface area (Å²) in [6, 6.07) is 8.75. The standard InChI is InChI=1S/C16H19BrClNS/c1-4-7-19-16(15-9-13(17)11(3)20-15)12-6-5-10(2)14(18)8-12/h5-6,8-9,16,19H,4,7H2,1-3H3. The van der Waals surface area contributed by atoms with Crippen molar-refractivity contribution < 1.29 is 0 Å². The van der Waals surface area contributed by atoms with E-state index in [1.54, 1.807) is 0 Å². The Hall–Kier alpha value is -0.350. The molecule has 1 unspecified atom stereocenters. The van der Waals surface area contributed by atoms with Gasteiger partial charge in [-0.1, -0.05) is 30.7 Å². The minimum Gasteiger partial charge on any atom is -0.306 e. The molecule has 0 spiro atoms. The van der Waals surface area contributed by atoms with Crippen LogP contribution in [0.5, 0.6) is 0 Å². The van der Waals surface area contributed by atoms with Crippen LogP contribution in [0.25, 0.3) is 0 Å². The number of aryl methyl sites for hydroxylation is 2. The predicted octanol–water partition coefficient (Wildman–Crippen LogP) is 5.87. The first-order valence-corrected chi connectivity index (χ1v) is 8.77. The van der Waals surface area contributed by atoms with Crippen molar-refractivity contribution in [3.8, 4) is 0 Å². The van der Waals surface area contributed by atoms with Gasteiger partial charge in [-0.15, -0.1) is 11.3 Å². The normalized spacial score (nSPS) is 12.7. The minimum atomic E-state index is 0.211. The summed E-state index contributed by atoms with van der Waals surface area (Å²) in [4.78, 5) is 2.63. The van der Waals surface area contributed by atoms with E-state index in [0.717, 1.165) is 23.6 Å². The first-order chi connectivity index (χ1) is 9.52. The molecule has 1 atom stereocenters. The van der Waals surface area contributed by atoms with Gasteiger partial charge in [0, 0.05) is 19.2 Å². The van der Waals surface area contributed by atoms with Crippen molar-refractivity contribution in [2.24, 2.45) is 0 Å². The van der Waals surface area contributed by atoms with E-state index in [4.69, 9.17) is 11.6 Å². The summed E-state index contributed by atoms with van der Waals surface area (Å²) in [7, 11) is 0. The third-order valence-electron chi connectivity index (χ3n) is 3.29. The molecule has 0 bridgehead atoms. The molecule has 0 amide bonds. The van der Waals surface area contributed by atoms with Gasteiger partial charge in [0.15, 0.2) is 0 Å². The van der Waals surface area contributed by atoms with Gasteiger partial charge in [-0.25, -0.2) is 0 Å². The monoisotopic (exact) mass is 371 g/mol. The molecule has 0 aliphatic heterocycles. The lowest BCUT2D eigenvalue weighted by atomic mass is 10.0. The smallest absolute Gasteiger partial charge is 0.0672 e. The summed E-state index contributed by atoms with van der Waals surface area (Å²) < 4.78 is 1.18. The molecule has 0 aliphatic rings. The van der Waals surface area contributed by atoms with Crippen LogP contribution in [0.3, 0.4) is 0 Å². The number of halogens is 2. The highest BCUT2D eigenvalue weighted by atomic mass is 79.9. The summed E-state index contributed by atoms with van der Waals surface area (Å²) in [5.74, 6) is 0. The lowest BCUT2D eigenvalue weighted by molar-refractivity contribution is 0.606. The maximum Gasteiger partial charge on any atom is 0.0672 e. The van der Waals surface area contributed by atoms with E-state index in [2.05, 4.69) is 59.4 Å². The molecule has 0 saturated heterocycles. The molecule has 1 N–H and O–H groups in total. The van der Waals surface area contributed by atoms with Gasteiger partial charge in [-0.05, 0) is 66.0 Å². The fraction of sp³-hybridized carbons (Fsp3) is 0.375. The Kier molecular flexibility index (Phi) is 5.67. The zero-order valence-corrected chi connectivity index (χ0v) is 15.1. The van der Waals surface area contributed by atoms with Crippen LogP contribution in [0, 0.1) is 13.8 Å². The molecule has 1 heterocycles. The van der Waals surface area contributed by atoms with Crippen LogP contribution in [-0.2, 0) is 0 Å². The van der Waals surface area contributed by atoms with Crippen LogP contribution in [0.1, 0.15) is 40.3 Å². The Morgan fingerprint density at radius 1 is 1.30 bits per heavy atom. The molecule has 1 aromatic heterocycles. The predicted molar refractivity (Wildman–Crippen MR) is 93.1 cm³/mol. The first-order valence-electron chi connectivity index (χ1n) is 6.78. The average molecular weight is 373 g/mol. The first kappa shape index (κ1) is 16.0. The molecule has 20 heavy (non-hydrogen) atoms. The average Bonchev–Trinajstić information content (AvgIpc) is 2.74. The van der Waals surface area contributed by atoms with E-state index in [9.17, 15) is 0 Å². The molecule has 2 rings (SSSR count). The van der Waals surface area contributed by atoms with E-state index < -0.39 is 0 Å². The van der Waals surface area contributed by atoms with E-state index in [0.29, 0.717) is 0 Å². The fourth-order valence-corrected chi connectivity index (χ4v) is 3.94. The molecule has 4 heteroatoms. The van der Waals surface area contributed by atoms with Crippen molar-refractivity contribution in [2.75, 3.05) is 6.54 Å². The van der Waals surface area contributed by atoms with Crippen molar-refractivity contribution >= 4 is 38.9 Å². The summed E-state index contributed by atoms with van der Waals surface area (Å²) in [5.41, 5.74) is 2.34. The molecule has 2 aromatic rings. The van der Waals surface area contributed by atoms with E-state index >= 15 is 0 Å². The molecule has 0 fully saturated rings. The van der Waals surface area contributed by atoms with Gasteiger partial charge in [0.25, 0.3) is 0 Å². The van der Waals surface area contributed by atoms with E-state index in [1.807, 2.05) is 18.3 Å².